The number of β-lactam (4-membered cyclic amide) rings is 1. The lowest BCUT2D eigenvalue weighted by atomic mass is 9.75. The van der Waals surface area contributed by atoms with Gasteiger partial charge in [-0.25, -0.2) is 9.59 Å². The minimum absolute atomic E-state index is 0.182. The first kappa shape index (κ1) is 19.5. The zero-order valence-electron chi connectivity index (χ0n) is 15.6. The van der Waals surface area contributed by atoms with E-state index in [1.807, 2.05) is 6.92 Å². The van der Waals surface area contributed by atoms with E-state index >= 15 is 0 Å². The molecule has 2 aliphatic rings. The van der Waals surface area contributed by atoms with Gasteiger partial charge >= 0.3 is 12.1 Å². The summed E-state index contributed by atoms with van der Waals surface area (Å²) in [4.78, 5) is 39.8. The highest BCUT2D eigenvalue weighted by molar-refractivity contribution is 6.00. The molecular formula is C17H28N2O6. The Morgan fingerprint density at radius 1 is 1.32 bits per heavy atom. The van der Waals surface area contributed by atoms with Gasteiger partial charge in [0.2, 0.25) is 0 Å². The molecule has 0 saturated carbocycles. The van der Waals surface area contributed by atoms with Gasteiger partial charge in [0.1, 0.15) is 11.1 Å². The summed E-state index contributed by atoms with van der Waals surface area (Å²) in [7, 11) is 0. The Morgan fingerprint density at radius 3 is 2.28 bits per heavy atom. The highest BCUT2D eigenvalue weighted by Crippen LogP contribution is 2.48. The molecule has 0 bridgehead atoms. The van der Waals surface area contributed by atoms with Crippen LogP contribution in [-0.4, -0.2) is 73.4 Å². The first-order chi connectivity index (χ1) is 11.3. The molecule has 2 rings (SSSR count). The summed E-state index contributed by atoms with van der Waals surface area (Å²) in [6.07, 6.45) is -0.692. The van der Waals surface area contributed by atoms with Gasteiger partial charge < -0.3 is 19.8 Å². The van der Waals surface area contributed by atoms with Crippen molar-refractivity contribution in [2.45, 2.75) is 89.8 Å². The average Bonchev–Trinajstić information content (AvgIpc) is 2.81. The van der Waals surface area contributed by atoms with Gasteiger partial charge in [-0.1, -0.05) is 0 Å². The van der Waals surface area contributed by atoms with E-state index in [0.29, 0.717) is 12.8 Å². The molecule has 0 radical (unpaired) electrons. The fraction of sp³-hybridized carbons (Fsp3) is 0.824. The zero-order valence-corrected chi connectivity index (χ0v) is 15.6. The van der Waals surface area contributed by atoms with E-state index in [1.54, 1.807) is 27.7 Å². The molecule has 3 unspecified atom stereocenters. The zero-order chi connectivity index (χ0) is 19.3. The van der Waals surface area contributed by atoms with Gasteiger partial charge in [-0.15, -0.1) is 0 Å². The van der Waals surface area contributed by atoms with Crippen LogP contribution in [0.3, 0.4) is 0 Å². The first-order valence-corrected chi connectivity index (χ1v) is 8.60. The molecule has 5 atom stereocenters. The molecule has 2 N–H and O–H groups in total. The van der Waals surface area contributed by atoms with Crippen molar-refractivity contribution in [1.29, 1.82) is 0 Å². The molecule has 2 heterocycles. The third-order valence-electron chi connectivity index (χ3n) is 5.13. The summed E-state index contributed by atoms with van der Waals surface area (Å²) >= 11 is 0. The van der Waals surface area contributed by atoms with E-state index in [2.05, 4.69) is 0 Å². The minimum Gasteiger partial charge on any atom is -0.480 e. The molecule has 2 amide bonds. The fourth-order valence-corrected chi connectivity index (χ4v) is 4.01. The van der Waals surface area contributed by atoms with Crippen molar-refractivity contribution in [2.75, 3.05) is 0 Å². The molecule has 8 heteroatoms. The van der Waals surface area contributed by atoms with E-state index in [1.165, 1.54) is 16.7 Å². The van der Waals surface area contributed by atoms with Gasteiger partial charge in [-0.2, -0.15) is 0 Å². The van der Waals surface area contributed by atoms with Crippen LogP contribution >= 0.6 is 0 Å². The quantitative estimate of drug-likeness (QED) is 0.736. The van der Waals surface area contributed by atoms with Gasteiger partial charge in [0.25, 0.3) is 5.91 Å². The van der Waals surface area contributed by atoms with E-state index in [4.69, 9.17) is 4.74 Å². The second kappa shape index (κ2) is 6.16. The molecule has 0 aliphatic carbocycles. The number of carboxylic acids is 1. The van der Waals surface area contributed by atoms with Crippen molar-refractivity contribution < 1.29 is 29.3 Å². The predicted molar refractivity (Wildman–Crippen MR) is 88.9 cm³/mol. The van der Waals surface area contributed by atoms with Crippen LogP contribution in [0.4, 0.5) is 4.79 Å². The number of hydrogen-bond donors (Lipinski definition) is 2. The van der Waals surface area contributed by atoms with Crippen molar-refractivity contribution in [3.05, 3.63) is 0 Å². The SMILES string of the molecule is CC1CCC2(C(=O)N([C@H](C(=O)O)[C@@H](C)O)C2C)N1C(=O)OC(C)(C)C. The van der Waals surface area contributed by atoms with Crippen LogP contribution in [0.1, 0.15) is 54.4 Å². The van der Waals surface area contributed by atoms with Crippen LogP contribution in [0.5, 0.6) is 0 Å². The Kier molecular flexibility index (Phi) is 4.80. The molecule has 142 valence electrons. The van der Waals surface area contributed by atoms with E-state index in [-0.39, 0.29) is 6.04 Å². The summed E-state index contributed by atoms with van der Waals surface area (Å²) < 4.78 is 5.46. The summed E-state index contributed by atoms with van der Waals surface area (Å²) in [6, 6.07) is -2.03. The van der Waals surface area contributed by atoms with Crippen LogP contribution < -0.4 is 0 Å². The van der Waals surface area contributed by atoms with Crippen LogP contribution in [0.15, 0.2) is 0 Å². The summed E-state index contributed by atoms with van der Waals surface area (Å²) in [6.45, 7) is 10.2. The van der Waals surface area contributed by atoms with Gasteiger partial charge in [-0.3, -0.25) is 9.69 Å². The molecule has 2 aliphatic heterocycles. The van der Waals surface area contributed by atoms with Crippen molar-refractivity contribution in [1.82, 2.24) is 9.80 Å². The molecule has 0 aromatic carbocycles. The fourth-order valence-electron chi connectivity index (χ4n) is 4.01. The van der Waals surface area contributed by atoms with E-state index in [0.717, 1.165) is 0 Å². The highest BCUT2D eigenvalue weighted by atomic mass is 16.6. The van der Waals surface area contributed by atoms with E-state index < -0.39 is 47.3 Å². The number of aliphatic hydroxyl groups excluding tert-OH is 1. The predicted octanol–water partition coefficient (Wildman–Crippen LogP) is 1.21. The van der Waals surface area contributed by atoms with Crippen LogP contribution in [0.2, 0.25) is 0 Å². The lowest BCUT2D eigenvalue weighted by Crippen LogP contribution is -2.81. The Hall–Kier alpha value is -1.83. The number of carboxylic acid groups (broad SMARTS) is 1. The maximum atomic E-state index is 13.0. The lowest BCUT2D eigenvalue weighted by Gasteiger charge is -2.58. The number of carbonyl (C=O) groups is 3. The normalized spacial score (nSPS) is 31.7. The van der Waals surface area contributed by atoms with Gasteiger partial charge in [-0.05, 0) is 54.4 Å². The lowest BCUT2D eigenvalue weighted by molar-refractivity contribution is -0.188. The molecular weight excluding hydrogens is 328 g/mol. The number of amides is 2. The summed E-state index contributed by atoms with van der Waals surface area (Å²) in [5.74, 6) is -1.71. The number of ether oxygens (including phenoxy) is 1. The number of carbonyl (C=O) groups excluding carboxylic acids is 2. The standard InChI is InChI=1S/C17H28N2O6/c1-9-7-8-17(19(9)15(24)25-16(4,5)6)11(3)18(14(17)23)12(10(2)20)13(21)22/h9-12,20H,7-8H2,1-6H3,(H,21,22)/t9?,10-,11?,12+,17?/m1/s1. The Morgan fingerprint density at radius 2 is 1.88 bits per heavy atom. The topological polar surface area (TPSA) is 107 Å². The van der Waals surface area contributed by atoms with Crippen molar-refractivity contribution >= 4 is 18.0 Å². The number of nitrogens with zero attached hydrogens (tertiary/aromatic N) is 2. The second-order valence-corrected chi connectivity index (χ2v) is 8.07. The van der Waals surface area contributed by atoms with Crippen molar-refractivity contribution in [2.24, 2.45) is 0 Å². The number of likely N-dealkylation sites (tertiary alicyclic amines) is 2. The van der Waals surface area contributed by atoms with Crippen molar-refractivity contribution in [3.63, 3.8) is 0 Å². The number of aliphatic hydroxyl groups is 1. The van der Waals surface area contributed by atoms with Crippen molar-refractivity contribution in [3.8, 4) is 0 Å². The molecule has 2 saturated heterocycles. The number of aliphatic carboxylic acids is 1. The maximum absolute atomic E-state index is 13.0. The minimum atomic E-state index is -1.33. The van der Waals surface area contributed by atoms with Crippen LogP contribution in [0, 0.1) is 0 Å². The first-order valence-electron chi connectivity index (χ1n) is 8.60. The monoisotopic (exact) mass is 356 g/mol. The smallest absolute Gasteiger partial charge is 0.411 e. The second-order valence-electron chi connectivity index (χ2n) is 8.07. The van der Waals surface area contributed by atoms with Gasteiger partial charge in [0, 0.05) is 6.04 Å². The Labute approximate surface area is 147 Å². The number of hydrogen-bond acceptors (Lipinski definition) is 5. The number of rotatable bonds is 3. The molecule has 1 spiro atoms. The van der Waals surface area contributed by atoms with Crippen LogP contribution in [0.25, 0.3) is 0 Å². The largest absolute Gasteiger partial charge is 0.480 e. The van der Waals surface area contributed by atoms with E-state index in [9.17, 15) is 24.6 Å². The molecule has 8 nitrogen and oxygen atoms in total. The Bertz CT molecular complexity index is 584. The molecule has 0 aromatic rings. The third kappa shape index (κ3) is 2.96. The van der Waals surface area contributed by atoms with Crippen LogP contribution in [-0.2, 0) is 14.3 Å². The summed E-state index contributed by atoms with van der Waals surface area (Å²) in [5, 5.41) is 19.2. The van der Waals surface area contributed by atoms with Gasteiger partial charge in [0.05, 0.1) is 12.1 Å². The highest BCUT2D eigenvalue weighted by Gasteiger charge is 2.69. The molecule has 0 aromatic heterocycles. The third-order valence-corrected chi connectivity index (χ3v) is 5.13. The molecule has 2 fully saturated rings. The maximum Gasteiger partial charge on any atom is 0.411 e. The molecule has 25 heavy (non-hydrogen) atoms. The van der Waals surface area contributed by atoms with Gasteiger partial charge in [0.15, 0.2) is 6.04 Å². The average molecular weight is 356 g/mol. The summed E-state index contributed by atoms with van der Waals surface area (Å²) in [5.41, 5.74) is -1.79. The Balaban J connectivity index is 2.33.